The van der Waals surface area contributed by atoms with Gasteiger partial charge in [-0.25, -0.2) is 5.48 Å². The number of ketones is 1. The minimum absolute atomic E-state index is 0.0752. The summed E-state index contributed by atoms with van der Waals surface area (Å²) in [6, 6.07) is 26.5. The summed E-state index contributed by atoms with van der Waals surface area (Å²) in [4.78, 5) is 16.9. The largest absolute Gasteiger partial charge is 0.382 e. The van der Waals surface area contributed by atoms with Crippen molar-refractivity contribution < 1.29 is 9.63 Å². The number of hydroxylamine groups is 1. The number of rotatable bonds is 2. The van der Waals surface area contributed by atoms with Crippen LogP contribution in [0.5, 0.6) is 5.75 Å². The second kappa shape index (κ2) is 7.79. The molecule has 0 saturated heterocycles. The van der Waals surface area contributed by atoms with Crippen molar-refractivity contribution in [3.05, 3.63) is 108 Å². The molecular weight excluding hydrogens is 298 g/mol. The number of fused-ring (bicyclic) bond motifs is 1. The van der Waals surface area contributed by atoms with E-state index in [9.17, 15) is 4.79 Å². The van der Waals surface area contributed by atoms with Gasteiger partial charge in [0, 0.05) is 22.9 Å². The maximum absolute atomic E-state index is 11.8. The number of hydrogen-bond donors (Lipinski definition) is 1. The van der Waals surface area contributed by atoms with Gasteiger partial charge in [-0.3, -0.25) is 4.79 Å². The lowest BCUT2D eigenvalue weighted by atomic mass is 10.0. The molecule has 0 unspecified atom stereocenters. The number of para-hydroxylation sites is 1. The zero-order valence-corrected chi connectivity index (χ0v) is 13.1. The van der Waals surface area contributed by atoms with Crippen molar-refractivity contribution >= 4 is 11.9 Å². The fourth-order valence-electron chi connectivity index (χ4n) is 2.28. The standard InChI is InChI=1S/C13H10O.C8H7NO/c14-13(11-7-3-1-4-8-11)12-9-5-2-6-10-12;1-2-4-8-7(3-1)5-6-9-10-8/h1-10H;1-6,9H. The molecule has 0 aliphatic carbocycles. The molecule has 3 nitrogen and oxygen atoms in total. The number of carbonyl (C=O) groups is 1. The molecule has 24 heavy (non-hydrogen) atoms. The summed E-state index contributed by atoms with van der Waals surface area (Å²) >= 11 is 0. The fourth-order valence-corrected chi connectivity index (χ4v) is 2.28. The highest BCUT2D eigenvalue weighted by Crippen LogP contribution is 2.20. The van der Waals surface area contributed by atoms with Gasteiger partial charge in [0.25, 0.3) is 0 Å². The van der Waals surface area contributed by atoms with E-state index in [0.717, 1.165) is 22.4 Å². The van der Waals surface area contributed by atoms with Crippen molar-refractivity contribution in [2.45, 2.75) is 0 Å². The topological polar surface area (TPSA) is 38.3 Å². The molecule has 0 aromatic heterocycles. The average Bonchev–Trinajstić information content (AvgIpc) is 2.69. The lowest BCUT2D eigenvalue weighted by Crippen LogP contribution is -2.13. The molecule has 1 aliphatic heterocycles. The van der Waals surface area contributed by atoms with Gasteiger partial charge in [0.1, 0.15) is 0 Å². The van der Waals surface area contributed by atoms with Crippen LogP contribution in [0.25, 0.3) is 6.08 Å². The van der Waals surface area contributed by atoms with E-state index < -0.39 is 0 Å². The van der Waals surface area contributed by atoms with E-state index in [4.69, 9.17) is 4.84 Å². The van der Waals surface area contributed by atoms with Crippen molar-refractivity contribution in [2.75, 3.05) is 0 Å². The maximum atomic E-state index is 11.8. The summed E-state index contributed by atoms with van der Waals surface area (Å²) in [7, 11) is 0. The zero-order valence-electron chi connectivity index (χ0n) is 13.1. The van der Waals surface area contributed by atoms with Crippen molar-refractivity contribution in [1.29, 1.82) is 0 Å². The van der Waals surface area contributed by atoms with Crippen LogP contribution in [-0.2, 0) is 0 Å². The monoisotopic (exact) mass is 315 g/mol. The molecule has 0 amide bonds. The molecule has 0 radical (unpaired) electrons. The Bertz CT molecular complexity index is 785. The highest BCUT2D eigenvalue weighted by atomic mass is 16.6. The number of nitrogens with one attached hydrogen (secondary N) is 1. The molecule has 1 heterocycles. The number of hydrogen-bond acceptors (Lipinski definition) is 3. The van der Waals surface area contributed by atoms with Crippen molar-refractivity contribution in [1.82, 2.24) is 5.48 Å². The Balaban J connectivity index is 0.000000149. The van der Waals surface area contributed by atoms with Crippen LogP contribution in [0.2, 0.25) is 0 Å². The first kappa shape index (κ1) is 15.6. The molecule has 0 fully saturated rings. The van der Waals surface area contributed by atoms with Crippen LogP contribution in [0, 0.1) is 0 Å². The summed E-state index contributed by atoms with van der Waals surface area (Å²) in [5, 5.41) is 0. The lowest BCUT2D eigenvalue weighted by Gasteiger charge is -2.11. The van der Waals surface area contributed by atoms with Gasteiger partial charge in [-0.1, -0.05) is 78.9 Å². The van der Waals surface area contributed by atoms with Crippen molar-refractivity contribution in [2.24, 2.45) is 0 Å². The van der Waals surface area contributed by atoms with Gasteiger partial charge in [0.2, 0.25) is 0 Å². The molecule has 1 aliphatic rings. The van der Waals surface area contributed by atoms with E-state index in [1.807, 2.05) is 91.0 Å². The molecule has 3 aromatic carbocycles. The summed E-state index contributed by atoms with van der Waals surface area (Å²) in [6.45, 7) is 0. The first-order valence-electron chi connectivity index (χ1n) is 7.67. The van der Waals surface area contributed by atoms with E-state index in [0.29, 0.717) is 0 Å². The smallest absolute Gasteiger partial charge is 0.193 e. The molecule has 0 atom stereocenters. The second-order valence-corrected chi connectivity index (χ2v) is 5.15. The number of carbonyl (C=O) groups excluding carboxylic acids is 1. The Morgan fingerprint density at radius 2 is 1.25 bits per heavy atom. The third-order valence-corrected chi connectivity index (χ3v) is 3.49. The summed E-state index contributed by atoms with van der Waals surface area (Å²) in [6.07, 6.45) is 3.74. The van der Waals surface area contributed by atoms with Gasteiger partial charge in [-0.05, 0) is 12.1 Å². The van der Waals surface area contributed by atoms with Crippen molar-refractivity contribution in [3.63, 3.8) is 0 Å². The van der Waals surface area contributed by atoms with Crippen LogP contribution in [-0.4, -0.2) is 5.78 Å². The third-order valence-electron chi connectivity index (χ3n) is 3.49. The molecule has 4 rings (SSSR count). The Morgan fingerprint density at radius 1 is 0.708 bits per heavy atom. The Hall–Kier alpha value is -3.33. The third kappa shape index (κ3) is 3.90. The predicted octanol–water partition coefficient (Wildman–Crippen LogP) is 4.47. The van der Waals surface area contributed by atoms with E-state index in [1.165, 1.54) is 0 Å². The Labute approximate surface area is 141 Å². The zero-order chi connectivity index (χ0) is 16.6. The molecule has 1 N–H and O–H groups in total. The highest BCUT2D eigenvalue weighted by Gasteiger charge is 2.06. The van der Waals surface area contributed by atoms with Gasteiger partial charge in [-0.2, -0.15) is 0 Å². The van der Waals surface area contributed by atoms with Crippen LogP contribution in [0.4, 0.5) is 0 Å². The lowest BCUT2D eigenvalue weighted by molar-refractivity contribution is 0.103. The Morgan fingerprint density at radius 3 is 1.83 bits per heavy atom. The summed E-state index contributed by atoms with van der Waals surface area (Å²) < 4.78 is 0. The van der Waals surface area contributed by atoms with Crippen LogP contribution < -0.4 is 10.3 Å². The van der Waals surface area contributed by atoms with Gasteiger partial charge >= 0.3 is 0 Å². The molecule has 0 spiro atoms. The van der Waals surface area contributed by atoms with E-state index in [-0.39, 0.29) is 5.78 Å². The molecule has 118 valence electrons. The first-order chi connectivity index (χ1) is 11.8. The predicted molar refractivity (Wildman–Crippen MR) is 95.6 cm³/mol. The molecule has 3 heteroatoms. The SMILES string of the molecule is C1=Cc2ccccc2ON1.O=C(c1ccccc1)c1ccccc1. The summed E-state index contributed by atoms with van der Waals surface area (Å²) in [5.41, 5.74) is 5.24. The highest BCUT2D eigenvalue weighted by molar-refractivity contribution is 6.08. The van der Waals surface area contributed by atoms with E-state index in [1.54, 1.807) is 6.20 Å². The van der Waals surface area contributed by atoms with Gasteiger partial charge in [-0.15, -0.1) is 0 Å². The maximum Gasteiger partial charge on any atom is 0.193 e. The van der Waals surface area contributed by atoms with Crippen molar-refractivity contribution in [3.8, 4) is 5.75 Å². The average molecular weight is 315 g/mol. The van der Waals surface area contributed by atoms with E-state index >= 15 is 0 Å². The fraction of sp³-hybridized carbons (Fsp3) is 0. The Kier molecular flexibility index (Phi) is 5.05. The van der Waals surface area contributed by atoms with Gasteiger partial charge < -0.3 is 4.84 Å². The number of benzene rings is 3. The summed E-state index contributed by atoms with van der Waals surface area (Å²) in [5.74, 6) is 0.955. The molecule has 0 saturated carbocycles. The normalized spacial score (nSPS) is 11.2. The molecular formula is C21H17NO2. The van der Waals surface area contributed by atoms with Crippen LogP contribution in [0.15, 0.2) is 91.1 Å². The van der Waals surface area contributed by atoms with Crippen LogP contribution in [0.3, 0.4) is 0 Å². The first-order valence-corrected chi connectivity index (χ1v) is 7.67. The minimum Gasteiger partial charge on any atom is -0.382 e. The van der Waals surface area contributed by atoms with Crippen LogP contribution in [0.1, 0.15) is 21.5 Å². The second-order valence-electron chi connectivity index (χ2n) is 5.15. The quantitative estimate of drug-likeness (QED) is 0.709. The molecule has 3 aromatic rings. The molecule has 0 bridgehead atoms. The van der Waals surface area contributed by atoms with Gasteiger partial charge in [0.15, 0.2) is 11.5 Å². The minimum atomic E-state index is 0.0752. The van der Waals surface area contributed by atoms with Crippen LogP contribution >= 0.6 is 0 Å². The van der Waals surface area contributed by atoms with Gasteiger partial charge in [0.05, 0.1) is 0 Å². The van der Waals surface area contributed by atoms with E-state index in [2.05, 4.69) is 5.48 Å².